The molecule has 0 N–H and O–H groups in total. The topological polar surface area (TPSA) is 53.5 Å². The highest BCUT2D eigenvalue weighted by Gasteiger charge is 2.46. The van der Waals surface area contributed by atoms with Gasteiger partial charge in [0.25, 0.3) is 0 Å². The number of amides is 2. The monoisotopic (exact) mass is 445 g/mol. The normalized spacial score (nSPS) is 17.7. The lowest BCUT2D eigenvalue weighted by molar-refractivity contribution is -0.139. The molecule has 0 saturated carbocycles. The van der Waals surface area contributed by atoms with Crippen LogP contribution in [0, 0.1) is 11.2 Å². The molecule has 1 saturated heterocycles. The van der Waals surface area contributed by atoms with Crippen LogP contribution >= 0.6 is 0 Å². The molecule has 0 radical (unpaired) electrons. The Kier molecular flexibility index (Phi) is 6.54. The van der Waals surface area contributed by atoms with Gasteiger partial charge >= 0.3 is 0 Å². The van der Waals surface area contributed by atoms with Gasteiger partial charge in [0.1, 0.15) is 5.82 Å². The van der Waals surface area contributed by atoms with Gasteiger partial charge in [-0.15, -0.1) is 0 Å². The molecule has 2 aromatic carbocycles. The first-order chi connectivity index (χ1) is 15.9. The van der Waals surface area contributed by atoms with E-state index in [2.05, 4.69) is 11.1 Å². The number of nitrogens with zero attached hydrogens (tertiary/aromatic N) is 3. The molecule has 1 aliphatic heterocycles. The molecule has 5 nitrogen and oxygen atoms in total. The number of benzene rings is 2. The van der Waals surface area contributed by atoms with Gasteiger partial charge in [-0.25, -0.2) is 4.39 Å². The third-order valence-electron chi connectivity index (χ3n) is 6.29. The molecule has 0 spiro atoms. The Morgan fingerprint density at radius 2 is 1.79 bits per heavy atom. The van der Waals surface area contributed by atoms with E-state index in [1.54, 1.807) is 48.4 Å². The van der Waals surface area contributed by atoms with E-state index in [9.17, 15) is 14.0 Å². The summed E-state index contributed by atoms with van der Waals surface area (Å²) in [6.45, 7) is 0.945. The van der Waals surface area contributed by atoms with Crippen molar-refractivity contribution < 1.29 is 14.0 Å². The summed E-state index contributed by atoms with van der Waals surface area (Å²) in [7, 11) is 3.53. The van der Waals surface area contributed by atoms with Gasteiger partial charge in [-0.3, -0.25) is 14.6 Å². The average molecular weight is 446 g/mol. The number of aromatic nitrogens is 1. The lowest BCUT2D eigenvalue weighted by Gasteiger charge is -2.31. The number of carbonyl (C=O) groups is 2. The van der Waals surface area contributed by atoms with Gasteiger partial charge < -0.3 is 9.80 Å². The van der Waals surface area contributed by atoms with E-state index in [1.807, 2.05) is 30.3 Å². The predicted octanol–water partition coefficient (Wildman–Crippen LogP) is 3.98. The lowest BCUT2D eigenvalue weighted by atomic mass is 9.79. The maximum absolute atomic E-state index is 13.3. The summed E-state index contributed by atoms with van der Waals surface area (Å²) in [6.07, 6.45) is 4.82. The van der Waals surface area contributed by atoms with Gasteiger partial charge in [-0.05, 0) is 53.3 Å². The molecule has 33 heavy (non-hydrogen) atoms. The lowest BCUT2D eigenvalue weighted by Crippen LogP contribution is -2.44. The van der Waals surface area contributed by atoms with Crippen molar-refractivity contribution in [2.75, 3.05) is 27.2 Å². The number of carbonyl (C=O) groups excluding carboxylic acids is 2. The van der Waals surface area contributed by atoms with E-state index in [0.29, 0.717) is 25.9 Å². The molecule has 0 bridgehead atoms. The molecular weight excluding hydrogens is 417 g/mol. The first kappa shape index (κ1) is 22.6. The fourth-order valence-corrected chi connectivity index (χ4v) is 4.64. The second-order valence-corrected chi connectivity index (χ2v) is 8.97. The van der Waals surface area contributed by atoms with Crippen molar-refractivity contribution in [3.63, 3.8) is 0 Å². The molecule has 4 rings (SSSR count). The number of rotatable bonds is 6. The molecular formula is C27H28FN3O2. The highest BCUT2D eigenvalue weighted by atomic mass is 19.1. The van der Waals surface area contributed by atoms with Crippen molar-refractivity contribution >= 4 is 11.8 Å². The van der Waals surface area contributed by atoms with Gasteiger partial charge in [0.15, 0.2) is 0 Å². The molecule has 170 valence electrons. The van der Waals surface area contributed by atoms with Crippen molar-refractivity contribution in [3.05, 3.63) is 90.0 Å². The standard InChI is InChI=1S/C27H28FN3O2/c1-30(2)26(33)27(12-14-31(19-27)25(32)16-21-6-4-13-29-18-21)17-20-5-3-7-23(15-20)22-8-10-24(28)11-9-22/h3-11,13,15,18H,12,14,16-17,19H2,1-2H3/t27-/m0/s1. The number of pyridine rings is 1. The second kappa shape index (κ2) is 9.53. The van der Waals surface area contributed by atoms with Crippen molar-refractivity contribution in [1.29, 1.82) is 0 Å². The summed E-state index contributed by atoms with van der Waals surface area (Å²) >= 11 is 0. The van der Waals surface area contributed by atoms with Gasteiger partial charge in [-0.2, -0.15) is 0 Å². The van der Waals surface area contributed by atoms with Gasteiger partial charge in [0, 0.05) is 39.6 Å². The molecule has 1 atom stereocenters. The molecule has 1 aromatic heterocycles. The summed E-state index contributed by atoms with van der Waals surface area (Å²) in [6, 6.07) is 18.1. The minimum atomic E-state index is -0.671. The number of hydrogen-bond acceptors (Lipinski definition) is 3. The summed E-state index contributed by atoms with van der Waals surface area (Å²) in [5, 5.41) is 0. The zero-order chi connectivity index (χ0) is 23.4. The first-order valence-electron chi connectivity index (χ1n) is 11.1. The Hall–Kier alpha value is -3.54. The van der Waals surface area contributed by atoms with Crippen molar-refractivity contribution in [2.24, 2.45) is 5.41 Å². The van der Waals surface area contributed by atoms with Crippen molar-refractivity contribution in [1.82, 2.24) is 14.8 Å². The molecule has 2 heterocycles. The Balaban J connectivity index is 1.56. The van der Waals surface area contributed by atoms with Gasteiger partial charge in [-0.1, -0.05) is 42.5 Å². The average Bonchev–Trinajstić information content (AvgIpc) is 3.25. The van der Waals surface area contributed by atoms with E-state index in [1.165, 1.54) is 12.1 Å². The van der Waals surface area contributed by atoms with Crippen molar-refractivity contribution in [2.45, 2.75) is 19.3 Å². The zero-order valence-electron chi connectivity index (χ0n) is 19.0. The number of hydrogen-bond donors (Lipinski definition) is 0. The van der Waals surface area contributed by atoms with Gasteiger partial charge in [0.05, 0.1) is 11.8 Å². The SMILES string of the molecule is CN(C)C(=O)[C@]1(Cc2cccc(-c3ccc(F)cc3)c2)CCN(C(=O)Cc2cccnc2)C1. The Bertz CT molecular complexity index is 1130. The van der Waals surface area contributed by atoms with Gasteiger partial charge in [0.2, 0.25) is 11.8 Å². The van der Waals surface area contributed by atoms with Crippen LogP contribution in [0.15, 0.2) is 73.1 Å². The third-order valence-corrected chi connectivity index (χ3v) is 6.29. The maximum atomic E-state index is 13.3. The van der Waals surface area contributed by atoms with Crippen LogP contribution in [0.5, 0.6) is 0 Å². The van der Waals surface area contributed by atoms with Crippen LogP contribution in [-0.2, 0) is 22.4 Å². The first-order valence-corrected chi connectivity index (χ1v) is 11.1. The third kappa shape index (κ3) is 5.11. The van der Waals surface area contributed by atoms with Crippen LogP contribution in [0.4, 0.5) is 4.39 Å². The molecule has 1 aliphatic rings. The maximum Gasteiger partial charge on any atom is 0.230 e. The fraction of sp³-hybridized carbons (Fsp3) is 0.296. The van der Waals surface area contributed by atoms with E-state index in [0.717, 1.165) is 22.3 Å². The fourth-order valence-electron chi connectivity index (χ4n) is 4.64. The molecule has 6 heteroatoms. The number of likely N-dealkylation sites (tertiary alicyclic amines) is 1. The molecule has 3 aromatic rings. The van der Waals surface area contributed by atoms with Crippen LogP contribution in [0.3, 0.4) is 0 Å². The van der Waals surface area contributed by atoms with Crippen LogP contribution in [-0.4, -0.2) is 53.8 Å². The minimum absolute atomic E-state index is 0.0106. The molecule has 2 amide bonds. The molecule has 0 unspecified atom stereocenters. The van der Waals surface area contributed by atoms with E-state index < -0.39 is 5.41 Å². The summed E-state index contributed by atoms with van der Waals surface area (Å²) < 4.78 is 13.3. The zero-order valence-corrected chi connectivity index (χ0v) is 19.0. The number of halogens is 1. The van der Waals surface area contributed by atoms with Crippen LogP contribution in [0.2, 0.25) is 0 Å². The van der Waals surface area contributed by atoms with E-state index in [4.69, 9.17) is 0 Å². The van der Waals surface area contributed by atoms with Crippen LogP contribution in [0.1, 0.15) is 17.5 Å². The largest absolute Gasteiger partial charge is 0.348 e. The predicted molar refractivity (Wildman–Crippen MR) is 126 cm³/mol. The Labute approximate surface area is 193 Å². The van der Waals surface area contributed by atoms with Crippen LogP contribution in [0.25, 0.3) is 11.1 Å². The minimum Gasteiger partial charge on any atom is -0.348 e. The summed E-state index contributed by atoms with van der Waals surface area (Å²) in [4.78, 5) is 33.8. The quantitative estimate of drug-likeness (QED) is 0.577. The van der Waals surface area contributed by atoms with Crippen molar-refractivity contribution in [3.8, 4) is 11.1 Å². The Morgan fingerprint density at radius 3 is 2.48 bits per heavy atom. The second-order valence-electron chi connectivity index (χ2n) is 8.97. The Morgan fingerprint density at radius 1 is 1.03 bits per heavy atom. The smallest absolute Gasteiger partial charge is 0.230 e. The highest BCUT2D eigenvalue weighted by Crippen LogP contribution is 2.37. The summed E-state index contributed by atoms with van der Waals surface area (Å²) in [5.74, 6) is -0.227. The van der Waals surface area contributed by atoms with E-state index >= 15 is 0 Å². The molecule has 0 aliphatic carbocycles. The highest BCUT2D eigenvalue weighted by molar-refractivity contribution is 5.86. The van der Waals surface area contributed by atoms with Crippen LogP contribution < -0.4 is 0 Å². The summed E-state index contributed by atoms with van der Waals surface area (Å²) in [5.41, 5.74) is 3.11. The molecule has 1 fully saturated rings. The van der Waals surface area contributed by atoms with E-state index in [-0.39, 0.29) is 24.1 Å².